The van der Waals surface area contributed by atoms with Gasteiger partial charge in [-0.1, -0.05) is 54.1 Å². The van der Waals surface area contributed by atoms with Gasteiger partial charge in [0.05, 0.1) is 24.5 Å². The van der Waals surface area contributed by atoms with E-state index in [4.69, 9.17) is 4.98 Å². The molecule has 0 atom stereocenters. The Hall–Kier alpha value is -3.64. The third-order valence-electron chi connectivity index (χ3n) is 4.63. The van der Waals surface area contributed by atoms with Crippen LogP contribution in [-0.4, -0.2) is 25.0 Å². The lowest BCUT2D eigenvalue weighted by Crippen LogP contribution is -2.06. The predicted octanol–water partition coefficient (Wildman–Crippen LogP) is 4.01. The first-order valence-electron chi connectivity index (χ1n) is 9.36. The molecule has 2 aromatic heterocycles. The summed E-state index contributed by atoms with van der Waals surface area (Å²) in [4.78, 5) is 17.4. The van der Waals surface area contributed by atoms with Gasteiger partial charge in [-0.25, -0.2) is 19.9 Å². The molecule has 0 fully saturated rings. The molecular weight excluding hydrogens is 362 g/mol. The van der Waals surface area contributed by atoms with E-state index in [1.807, 2.05) is 36.5 Å². The van der Waals surface area contributed by atoms with Gasteiger partial charge in [-0.3, -0.25) is 0 Å². The number of rotatable bonds is 6. The number of hydrogen-bond acceptors (Lipinski definition) is 6. The van der Waals surface area contributed by atoms with Crippen LogP contribution in [0.1, 0.15) is 16.8 Å². The second kappa shape index (κ2) is 8.58. The lowest BCUT2D eigenvalue weighted by Gasteiger charge is -2.12. The number of benzene rings is 2. The maximum absolute atomic E-state index is 9.31. The van der Waals surface area contributed by atoms with Crippen molar-refractivity contribution in [1.29, 1.82) is 0 Å². The molecule has 6 heteroatoms. The van der Waals surface area contributed by atoms with Crippen molar-refractivity contribution in [2.45, 2.75) is 20.1 Å². The van der Waals surface area contributed by atoms with Crippen molar-refractivity contribution in [2.24, 2.45) is 0 Å². The van der Waals surface area contributed by atoms with Gasteiger partial charge in [-0.15, -0.1) is 0 Å². The molecule has 0 radical (unpaired) electrons. The minimum absolute atomic E-state index is 0.0213. The SMILES string of the molecule is Cc1ccc(-c2nc(NCc3ccncn3)ncc2-c2ccc(CO)cc2)cc1. The Labute approximate surface area is 169 Å². The molecule has 29 heavy (non-hydrogen) atoms. The minimum atomic E-state index is 0.0213. The molecule has 0 bridgehead atoms. The number of nitrogens with one attached hydrogen (secondary N) is 1. The van der Waals surface area contributed by atoms with E-state index in [9.17, 15) is 5.11 Å². The fourth-order valence-electron chi connectivity index (χ4n) is 2.99. The van der Waals surface area contributed by atoms with Gasteiger partial charge in [-0.2, -0.15) is 0 Å². The molecule has 2 N–H and O–H groups in total. The summed E-state index contributed by atoms with van der Waals surface area (Å²) in [5, 5.41) is 12.5. The Bertz CT molecular complexity index is 1080. The molecule has 144 valence electrons. The van der Waals surface area contributed by atoms with Crippen LogP contribution in [0.15, 0.2) is 73.3 Å². The van der Waals surface area contributed by atoms with Gasteiger partial charge in [0.1, 0.15) is 6.33 Å². The smallest absolute Gasteiger partial charge is 0.223 e. The van der Waals surface area contributed by atoms with Crippen LogP contribution in [0.5, 0.6) is 0 Å². The fourth-order valence-corrected chi connectivity index (χ4v) is 2.99. The fraction of sp³-hybridized carbons (Fsp3) is 0.130. The first kappa shape index (κ1) is 18.7. The number of aryl methyl sites for hydroxylation is 1. The van der Waals surface area contributed by atoms with Gasteiger partial charge in [0.25, 0.3) is 0 Å². The van der Waals surface area contributed by atoms with Crippen LogP contribution in [0.2, 0.25) is 0 Å². The third kappa shape index (κ3) is 4.44. The zero-order valence-electron chi connectivity index (χ0n) is 16.1. The van der Waals surface area contributed by atoms with Crippen LogP contribution in [0.4, 0.5) is 5.95 Å². The van der Waals surface area contributed by atoms with Crippen LogP contribution in [0, 0.1) is 6.92 Å². The molecular formula is C23H21N5O. The summed E-state index contributed by atoms with van der Waals surface area (Å²) < 4.78 is 0. The van der Waals surface area contributed by atoms with E-state index < -0.39 is 0 Å². The van der Waals surface area contributed by atoms with Crippen LogP contribution in [0.25, 0.3) is 22.4 Å². The molecule has 0 spiro atoms. The maximum atomic E-state index is 9.31. The number of aliphatic hydroxyl groups is 1. The maximum Gasteiger partial charge on any atom is 0.223 e. The summed E-state index contributed by atoms with van der Waals surface area (Å²) in [5.74, 6) is 0.537. The molecule has 0 saturated heterocycles. The Balaban J connectivity index is 1.70. The summed E-state index contributed by atoms with van der Waals surface area (Å²) >= 11 is 0. The average Bonchev–Trinajstić information content (AvgIpc) is 2.79. The molecule has 4 rings (SSSR count). The van der Waals surface area contributed by atoms with Crippen molar-refractivity contribution in [1.82, 2.24) is 19.9 Å². The van der Waals surface area contributed by atoms with Crippen molar-refractivity contribution in [3.8, 4) is 22.4 Å². The molecule has 0 aliphatic rings. The van der Waals surface area contributed by atoms with Crippen molar-refractivity contribution >= 4 is 5.95 Å². The highest BCUT2D eigenvalue weighted by atomic mass is 16.3. The number of aromatic nitrogens is 4. The number of anilines is 1. The predicted molar refractivity (Wildman–Crippen MR) is 113 cm³/mol. The van der Waals surface area contributed by atoms with E-state index >= 15 is 0 Å². The van der Waals surface area contributed by atoms with Crippen LogP contribution < -0.4 is 5.32 Å². The summed E-state index contributed by atoms with van der Waals surface area (Å²) in [6.07, 6.45) is 5.06. The van der Waals surface area contributed by atoms with Gasteiger partial charge in [0.15, 0.2) is 0 Å². The minimum Gasteiger partial charge on any atom is -0.392 e. The summed E-state index contributed by atoms with van der Waals surface area (Å²) in [6.45, 7) is 2.60. The van der Waals surface area contributed by atoms with Crippen LogP contribution in [-0.2, 0) is 13.2 Å². The monoisotopic (exact) mass is 383 g/mol. The molecule has 0 aliphatic heterocycles. The number of aliphatic hydroxyl groups excluding tert-OH is 1. The Morgan fingerprint density at radius 2 is 1.66 bits per heavy atom. The third-order valence-corrected chi connectivity index (χ3v) is 4.63. The van der Waals surface area contributed by atoms with Gasteiger partial charge < -0.3 is 10.4 Å². The first-order chi connectivity index (χ1) is 14.2. The number of nitrogens with zero attached hydrogens (tertiary/aromatic N) is 4. The quantitative estimate of drug-likeness (QED) is 0.523. The molecule has 0 amide bonds. The van der Waals surface area contributed by atoms with E-state index in [0.29, 0.717) is 12.5 Å². The van der Waals surface area contributed by atoms with Crippen molar-refractivity contribution < 1.29 is 5.11 Å². The van der Waals surface area contributed by atoms with Crippen molar-refractivity contribution in [3.05, 3.63) is 90.1 Å². The Kier molecular flexibility index (Phi) is 5.54. The normalized spacial score (nSPS) is 10.7. The summed E-state index contributed by atoms with van der Waals surface area (Å²) in [6, 6.07) is 17.9. The molecule has 2 heterocycles. The molecule has 0 saturated carbocycles. The van der Waals surface area contributed by atoms with Crippen LogP contribution >= 0.6 is 0 Å². The topological polar surface area (TPSA) is 83.8 Å². The van der Waals surface area contributed by atoms with E-state index in [0.717, 1.165) is 33.6 Å². The lowest BCUT2D eigenvalue weighted by atomic mass is 9.99. The average molecular weight is 383 g/mol. The van der Waals surface area contributed by atoms with Gasteiger partial charge in [0.2, 0.25) is 5.95 Å². The second-order valence-electron chi connectivity index (χ2n) is 6.73. The Morgan fingerprint density at radius 1 is 0.897 bits per heavy atom. The van der Waals surface area contributed by atoms with Crippen LogP contribution in [0.3, 0.4) is 0 Å². The van der Waals surface area contributed by atoms with E-state index in [1.54, 1.807) is 6.20 Å². The Morgan fingerprint density at radius 3 is 2.34 bits per heavy atom. The second-order valence-corrected chi connectivity index (χ2v) is 6.73. The molecule has 0 aliphatic carbocycles. The van der Waals surface area contributed by atoms with E-state index in [2.05, 4.69) is 51.5 Å². The highest BCUT2D eigenvalue weighted by Crippen LogP contribution is 2.31. The molecule has 4 aromatic rings. The summed E-state index contributed by atoms with van der Waals surface area (Å²) in [7, 11) is 0. The highest BCUT2D eigenvalue weighted by Gasteiger charge is 2.12. The molecule has 6 nitrogen and oxygen atoms in total. The molecule has 2 aromatic carbocycles. The highest BCUT2D eigenvalue weighted by molar-refractivity contribution is 5.81. The van der Waals surface area contributed by atoms with Crippen molar-refractivity contribution in [3.63, 3.8) is 0 Å². The number of hydrogen-bond donors (Lipinski definition) is 2. The molecule has 0 unspecified atom stereocenters. The van der Waals surface area contributed by atoms with Gasteiger partial charge in [-0.05, 0) is 24.1 Å². The lowest BCUT2D eigenvalue weighted by molar-refractivity contribution is 0.282. The largest absolute Gasteiger partial charge is 0.392 e. The summed E-state index contributed by atoms with van der Waals surface area (Å²) in [5.41, 5.74) is 6.73. The zero-order valence-corrected chi connectivity index (χ0v) is 16.1. The van der Waals surface area contributed by atoms with Crippen molar-refractivity contribution in [2.75, 3.05) is 5.32 Å². The standard InChI is InChI=1S/C23H21N5O/c1-16-2-6-19(7-3-16)22-21(18-8-4-17(14-29)5-9-18)13-26-23(28-22)25-12-20-10-11-24-15-27-20/h2-11,13,15,29H,12,14H2,1H3,(H,25,26,28). The van der Waals surface area contributed by atoms with E-state index in [1.165, 1.54) is 11.9 Å². The first-order valence-corrected chi connectivity index (χ1v) is 9.36. The zero-order chi connectivity index (χ0) is 20.1. The van der Waals surface area contributed by atoms with Gasteiger partial charge in [0, 0.05) is 23.5 Å². The van der Waals surface area contributed by atoms with E-state index in [-0.39, 0.29) is 6.61 Å². The van der Waals surface area contributed by atoms with Gasteiger partial charge >= 0.3 is 0 Å².